The van der Waals surface area contributed by atoms with Gasteiger partial charge in [0.25, 0.3) is 0 Å². The Bertz CT molecular complexity index is 835. The Kier molecular flexibility index (Phi) is 7.13. The van der Waals surface area contributed by atoms with Crippen LogP contribution in [0.4, 0.5) is 0 Å². The number of aromatic amines is 1. The van der Waals surface area contributed by atoms with E-state index < -0.39 is 0 Å². The number of carbonyl (C=O) groups is 2. The van der Waals surface area contributed by atoms with Crippen LogP contribution in [0.15, 0.2) is 30.3 Å². The van der Waals surface area contributed by atoms with Crippen molar-refractivity contribution in [1.29, 1.82) is 0 Å². The van der Waals surface area contributed by atoms with Crippen LogP contribution in [0.2, 0.25) is 0 Å². The molecule has 5 nitrogen and oxygen atoms in total. The van der Waals surface area contributed by atoms with Gasteiger partial charge in [-0.05, 0) is 50.3 Å². The molecule has 1 fully saturated rings. The van der Waals surface area contributed by atoms with Gasteiger partial charge in [0, 0.05) is 18.3 Å². The van der Waals surface area contributed by atoms with Gasteiger partial charge in [-0.25, -0.2) is 4.79 Å². The summed E-state index contributed by atoms with van der Waals surface area (Å²) in [5, 5.41) is 0. The van der Waals surface area contributed by atoms with Gasteiger partial charge < -0.3 is 14.6 Å². The number of hydrogen-bond donors (Lipinski definition) is 1. The van der Waals surface area contributed by atoms with E-state index >= 15 is 0 Å². The van der Waals surface area contributed by atoms with Crippen molar-refractivity contribution < 1.29 is 14.3 Å². The van der Waals surface area contributed by atoms with Gasteiger partial charge in [0.1, 0.15) is 5.69 Å². The van der Waals surface area contributed by atoms with Crippen LogP contribution in [0.3, 0.4) is 0 Å². The minimum atomic E-state index is -0.334. The first-order chi connectivity index (χ1) is 14.0. The molecule has 1 amide bonds. The zero-order valence-electron chi connectivity index (χ0n) is 17.8. The smallest absolute Gasteiger partial charge is 0.355 e. The molecular weight excluding hydrogens is 364 g/mol. The molecule has 2 aromatic rings. The number of carbonyl (C=O) groups excluding carboxylic acids is 2. The molecule has 5 heteroatoms. The molecule has 0 unspecified atom stereocenters. The predicted molar refractivity (Wildman–Crippen MR) is 114 cm³/mol. The fraction of sp³-hybridized carbons (Fsp3) is 0.500. The molecule has 0 atom stereocenters. The summed E-state index contributed by atoms with van der Waals surface area (Å²) in [6, 6.07) is 10.2. The number of aromatic nitrogens is 1. The van der Waals surface area contributed by atoms with Gasteiger partial charge in [-0.3, -0.25) is 4.79 Å². The lowest BCUT2D eigenvalue weighted by Crippen LogP contribution is -2.42. The molecular formula is C24H32N2O3. The van der Waals surface area contributed by atoms with Crippen LogP contribution in [0.25, 0.3) is 0 Å². The second-order valence-electron chi connectivity index (χ2n) is 7.92. The van der Waals surface area contributed by atoms with Crippen molar-refractivity contribution in [1.82, 2.24) is 9.88 Å². The second kappa shape index (κ2) is 9.77. The number of esters is 1. The Morgan fingerprint density at radius 3 is 2.45 bits per heavy atom. The van der Waals surface area contributed by atoms with E-state index in [1.54, 1.807) is 6.92 Å². The minimum Gasteiger partial charge on any atom is -0.461 e. The second-order valence-corrected chi connectivity index (χ2v) is 7.92. The normalized spacial score (nSPS) is 14.6. The van der Waals surface area contributed by atoms with Gasteiger partial charge in [-0.2, -0.15) is 0 Å². The quantitative estimate of drug-likeness (QED) is 0.689. The van der Waals surface area contributed by atoms with E-state index in [2.05, 4.69) is 4.98 Å². The fourth-order valence-corrected chi connectivity index (χ4v) is 4.29. The molecule has 29 heavy (non-hydrogen) atoms. The lowest BCUT2D eigenvalue weighted by molar-refractivity contribution is -0.134. The van der Waals surface area contributed by atoms with E-state index in [9.17, 15) is 9.59 Å². The summed E-state index contributed by atoms with van der Waals surface area (Å²) >= 11 is 0. The highest BCUT2D eigenvalue weighted by Gasteiger charge is 2.28. The molecule has 1 aromatic heterocycles. The molecule has 1 heterocycles. The first-order valence-corrected chi connectivity index (χ1v) is 10.7. The monoisotopic (exact) mass is 396 g/mol. The Balaban J connectivity index is 1.85. The summed E-state index contributed by atoms with van der Waals surface area (Å²) in [6.07, 6.45) is 6.08. The number of H-pyrrole nitrogens is 1. The third-order valence-corrected chi connectivity index (χ3v) is 5.93. The highest BCUT2D eigenvalue weighted by Crippen LogP contribution is 2.28. The van der Waals surface area contributed by atoms with Gasteiger partial charge in [0.05, 0.1) is 13.0 Å². The molecule has 1 saturated carbocycles. The molecule has 3 rings (SSSR count). The van der Waals surface area contributed by atoms with Crippen LogP contribution >= 0.6 is 0 Å². The predicted octanol–water partition coefficient (Wildman–Crippen LogP) is 4.71. The molecule has 0 spiro atoms. The fourth-order valence-electron chi connectivity index (χ4n) is 4.29. The Morgan fingerprint density at radius 1 is 1.10 bits per heavy atom. The number of nitrogens with one attached hydrogen (secondary N) is 1. The molecule has 1 aromatic carbocycles. The number of rotatable bonds is 7. The van der Waals surface area contributed by atoms with E-state index in [0.29, 0.717) is 25.3 Å². The summed E-state index contributed by atoms with van der Waals surface area (Å²) in [5.74, 6) is -0.181. The Labute approximate surface area is 173 Å². The molecule has 156 valence electrons. The zero-order valence-corrected chi connectivity index (χ0v) is 17.8. The van der Waals surface area contributed by atoms with E-state index in [-0.39, 0.29) is 17.9 Å². The maximum Gasteiger partial charge on any atom is 0.355 e. The molecule has 1 N–H and O–H groups in total. The summed E-state index contributed by atoms with van der Waals surface area (Å²) in [5.41, 5.74) is 4.37. The summed E-state index contributed by atoms with van der Waals surface area (Å²) in [6.45, 7) is 6.58. The molecule has 0 saturated heterocycles. The topological polar surface area (TPSA) is 62.4 Å². The van der Waals surface area contributed by atoms with Crippen LogP contribution in [0.5, 0.6) is 0 Å². The summed E-state index contributed by atoms with van der Waals surface area (Å²) < 4.78 is 5.17. The van der Waals surface area contributed by atoms with Gasteiger partial charge in [0.15, 0.2) is 0 Å². The zero-order chi connectivity index (χ0) is 20.8. The maximum atomic E-state index is 13.3. The van der Waals surface area contributed by atoms with Crippen molar-refractivity contribution in [3.63, 3.8) is 0 Å². The standard InChI is InChI=1S/C24H32N2O3/c1-4-29-24(28)23-17(2)21(18(3)25-23)16-26(20-13-9-6-10-14-20)22(27)15-19-11-7-5-8-12-19/h5,7-8,11-12,20,25H,4,6,9-10,13-16H2,1-3H3. The Morgan fingerprint density at radius 2 is 1.79 bits per heavy atom. The van der Waals surface area contributed by atoms with Crippen molar-refractivity contribution in [2.45, 2.75) is 71.9 Å². The van der Waals surface area contributed by atoms with Crippen LogP contribution in [0.1, 0.15) is 71.9 Å². The average Bonchev–Trinajstić information content (AvgIpc) is 3.01. The van der Waals surface area contributed by atoms with Crippen molar-refractivity contribution in [3.05, 3.63) is 58.4 Å². The summed E-state index contributed by atoms with van der Waals surface area (Å²) in [4.78, 5) is 30.8. The van der Waals surface area contributed by atoms with Gasteiger partial charge in [-0.1, -0.05) is 49.6 Å². The van der Waals surface area contributed by atoms with Crippen molar-refractivity contribution >= 4 is 11.9 Å². The van der Waals surface area contributed by atoms with Crippen LogP contribution in [0, 0.1) is 13.8 Å². The van der Waals surface area contributed by atoms with E-state index in [1.165, 1.54) is 19.3 Å². The third-order valence-electron chi connectivity index (χ3n) is 5.93. The molecule has 0 radical (unpaired) electrons. The summed E-state index contributed by atoms with van der Waals surface area (Å²) in [7, 11) is 0. The molecule has 0 bridgehead atoms. The number of aryl methyl sites for hydroxylation is 1. The molecule has 1 aliphatic rings. The van der Waals surface area contributed by atoms with Crippen molar-refractivity contribution in [3.8, 4) is 0 Å². The molecule has 0 aliphatic heterocycles. The van der Waals surface area contributed by atoms with Gasteiger partial charge >= 0.3 is 5.97 Å². The third kappa shape index (κ3) is 5.08. The van der Waals surface area contributed by atoms with Crippen LogP contribution in [-0.4, -0.2) is 34.4 Å². The van der Waals surface area contributed by atoms with Crippen molar-refractivity contribution in [2.24, 2.45) is 0 Å². The van der Waals surface area contributed by atoms with Crippen molar-refractivity contribution in [2.75, 3.05) is 6.61 Å². The number of hydrogen-bond acceptors (Lipinski definition) is 3. The van der Waals surface area contributed by atoms with Crippen LogP contribution in [-0.2, 0) is 22.5 Å². The number of ether oxygens (including phenoxy) is 1. The van der Waals surface area contributed by atoms with Gasteiger partial charge in [-0.15, -0.1) is 0 Å². The largest absolute Gasteiger partial charge is 0.461 e. The number of nitrogens with zero attached hydrogens (tertiary/aromatic N) is 1. The number of amides is 1. The molecule has 1 aliphatic carbocycles. The van der Waals surface area contributed by atoms with Crippen LogP contribution < -0.4 is 0 Å². The number of benzene rings is 1. The minimum absolute atomic E-state index is 0.154. The van der Waals surface area contributed by atoms with Gasteiger partial charge in [0.2, 0.25) is 5.91 Å². The maximum absolute atomic E-state index is 13.3. The average molecular weight is 397 g/mol. The van der Waals surface area contributed by atoms with E-state index in [1.807, 2.05) is 49.1 Å². The SMILES string of the molecule is CCOC(=O)c1[nH]c(C)c(CN(C(=O)Cc2ccccc2)C2CCCCC2)c1C. The lowest BCUT2D eigenvalue weighted by atomic mass is 9.93. The first kappa shape index (κ1) is 21.2. The highest BCUT2D eigenvalue weighted by atomic mass is 16.5. The van der Waals surface area contributed by atoms with E-state index in [4.69, 9.17) is 4.74 Å². The Hall–Kier alpha value is -2.56. The lowest BCUT2D eigenvalue weighted by Gasteiger charge is -2.35. The van der Waals surface area contributed by atoms with E-state index in [0.717, 1.165) is 35.2 Å². The highest BCUT2D eigenvalue weighted by molar-refractivity contribution is 5.90. The first-order valence-electron chi connectivity index (χ1n) is 10.7.